The molecule has 3 aromatic rings. The number of hydrogen-bond donors (Lipinski definition) is 0. The van der Waals surface area contributed by atoms with Gasteiger partial charge < -0.3 is 4.57 Å². The Morgan fingerprint density at radius 3 is 1.62 bits per heavy atom. The summed E-state index contributed by atoms with van der Waals surface area (Å²) in [5.41, 5.74) is 3.39. The molecule has 2 aromatic carbocycles. The molecule has 1 atom stereocenters. The number of rotatable bonds is 7. The molecule has 0 radical (unpaired) electrons. The van der Waals surface area contributed by atoms with E-state index in [1.165, 1.54) is 47.5 Å². The molecule has 1 heteroatoms. The zero-order valence-corrected chi connectivity index (χ0v) is 17.5. The van der Waals surface area contributed by atoms with E-state index in [0.717, 1.165) is 0 Å². The average Bonchev–Trinajstić information content (AvgIpc) is 3.00. The Morgan fingerprint density at radius 1 is 0.731 bits per heavy atom. The lowest BCUT2D eigenvalue weighted by atomic mass is 9.70. The van der Waals surface area contributed by atoms with Crippen molar-refractivity contribution in [1.29, 1.82) is 0 Å². The molecule has 1 unspecified atom stereocenters. The second-order valence-corrected chi connectivity index (χ2v) is 8.98. The molecule has 1 nitrogen and oxygen atoms in total. The number of para-hydroxylation sites is 2. The third-order valence-electron chi connectivity index (χ3n) is 7.14. The molecule has 1 aromatic heterocycles. The van der Waals surface area contributed by atoms with Crippen molar-refractivity contribution < 1.29 is 0 Å². The SMILES string of the molecule is CCC(C)(CC)CC(n1c2ccccc2c2ccccc21)C(C)(C)CC. The minimum Gasteiger partial charge on any atom is -0.337 e. The molecule has 0 saturated carbocycles. The lowest BCUT2D eigenvalue weighted by Crippen LogP contribution is -2.32. The van der Waals surface area contributed by atoms with Crippen molar-refractivity contribution in [3.05, 3.63) is 48.5 Å². The highest BCUT2D eigenvalue weighted by atomic mass is 15.0. The highest BCUT2D eigenvalue weighted by Gasteiger charge is 2.36. The van der Waals surface area contributed by atoms with Gasteiger partial charge in [-0.25, -0.2) is 0 Å². The fourth-order valence-corrected chi connectivity index (χ4v) is 4.25. The third kappa shape index (κ3) is 3.17. The summed E-state index contributed by atoms with van der Waals surface area (Å²) in [7, 11) is 0. The molecule has 0 fully saturated rings. The molecule has 1 heterocycles. The summed E-state index contributed by atoms with van der Waals surface area (Å²) in [6.07, 6.45) is 4.87. The van der Waals surface area contributed by atoms with Crippen LogP contribution < -0.4 is 0 Å². The maximum Gasteiger partial charge on any atom is 0.0494 e. The van der Waals surface area contributed by atoms with Crippen LogP contribution in [0.1, 0.15) is 73.3 Å². The minimum atomic E-state index is 0.246. The van der Waals surface area contributed by atoms with Crippen molar-refractivity contribution in [3.63, 3.8) is 0 Å². The summed E-state index contributed by atoms with van der Waals surface area (Å²) < 4.78 is 2.66. The van der Waals surface area contributed by atoms with E-state index in [0.29, 0.717) is 11.5 Å². The van der Waals surface area contributed by atoms with Crippen LogP contribution in [-0.2, 0) is 0 Å². The molecule has 0 saturated heterocycles. The zero-order chi connectivity index (χ0) is 18.9. The molecule has 0 spiro atoms. The van der Waals surface area contributed by atoms with Crippen LogP contribution in [0, 0.1) is 10.8 Å². The first-order valence-corrected chi connectivity index (χ1v) is 10.3. The van der Waals surface area contributed by atoms with E-state index in [1.807, 2.05) is 0 Å². The monoisotopic (exact) mass is 349 g/mol. The quantitative estimate of drug-likeness (QED) is 0.407. The fraction of sp³-hybridized carbons (Fsp3) is 0.520. The van der Waals surface area contributed by atoms with Crippen LogP contribution in [0.4, 0.5) is 0 Å². The van der Waals surface area contributed by atoms with E-state index < -0.39 is 0 Å². The van der Waals surface area contributed by atoms with E-state index >= 15 is 0 Å². The average molecular weight is 350 g/mol. The van der Waals surface area contributed by atoms with E-state index in [2.05, 4.69) is 94.6 Å². The first kappa shape index (κ1) is 19.0. The number of benzene rings is 2. The van der Waals surface area contributed by atoms with Gasteiger partial charge >= 0.3 is 0 Å². The van der Waals surface area contributed by atoms with Gasteiger partial charge in [-0.05, 0) is 35.8 Å². The van der Waals surface area contributed by atoms with Gasteiger partial charge in [-0.3, -0.25) is 0 Å². The van der Waals surface area contributed by atoms with Crippen molar-refractivity contribution in [3.8, 4) is 0 Å². The molecule has 140 valence electrons. The Labute approximate surface area is 159 Å². The van der Waals surface area contributed by atoms with E-state index in [9.17, 15) is 0 Å². The van der Waals surface area contributed by atoms with Crippen LogP contribution in [-0.4, -0.2) is 4.57 Å². The number of nitrogens with zero attached hydrogens (tertiary/aromatic N) is 1. The lowest BCUT2D eigenvalue weighted by Gasteiger charge is -2.41. The molecular formula is C25H35N. The first-order valence-electron chi connectivity index (χ1n) is 10.3. The van der Waals surface area contributed by atoms with Crippen molar-refractivity contribution >= 4 is 21.8 Å². The van der Waals surface area contributed by atoms with Crippen LogP contribution in [0.15, 0.2) is 48.5 Å². The van der Waals surface area contributed by atoms with Gasteiger partial charge in [0.05, 0.1) is 0 Å². The Balaban J connectivity index is 2.30. The van der Waals surface area contributed by atoms with Gasteiger partial charge in [-0.2, -0.15) is 0 Å². The highest BCUT2D eigenvalue weighted by Crippen LogP contribution is 2.47. The molecule has 26 heavy (non-hydrogen) atoms. The summed E-state index contributed by atoms with van der Waals surface area (Å²) in [6, 6.07) is 18.4. The van der Waals surface area contributed by atoms with Crippen LogP contribution in [0.25, 0.3) is 21.8 Å². The molecule has 0 aliphatic carbocycles. The van der Waals surface area contributed by atoms with E-state index in [1.54, 1.807) is 0 Å². The summed E-state index contributed by atoms with van der Waals surface area (Å²) in [5, 5.41) is 2.77. The smallest absolute Gasteiger partial charge is 0.0494 e. The molecular weight excluding hydrogens is 314 g/mol. The van der Waals surface area contributed by atoms with Gasteiger partial charge in [0.1, 0.15) is 0 Å². The molecule has 0 aliphatic heterocycles. The van der Waals surface area contributed by atoms with Gasteiger partial charge in [0.2, 0.25) is 0 Å². The predicted molar refractivity (Wildman–Crippen MR) is 116 cm³/mol. The molecule has 0 N–H and O–H groups in total. The van der Waals surface area contributed by atoms with Gasteiger partial charge in [0.25, 0.3) is 0 Å². The summed E-state index contributed by atoms with van der Waals surface area (Å²) >= 11 is 0. The Kier molecular flexibility index (Phi) is 5.19. The summed E-state index contributed by atoms with van der Waals surface area (Å²) in [6.45, 7) is 14.4. The van der Waals surface area contributed by atoms with Crippen molar-refractivity contribution in [1.82, 2.24) is 4.57 Å². The Bertz CT molecular complexity index is 826. The van der Waals surface area contributed by atoms with E-state index in [4.69, 9.17) is 0 Å². The van der Waals surface area contributed by atoms with Gasteiger partial charge in [-0.1, -0.05) is 90.8 Å². The third-order valence-corrected chi connectivity index (χ3v) is 7.14. The maximum atomic E-state index is 2.66. The number of hydrogen-bond acceptors (Lipinski definition) is 0. The number of fused-ring (bicyclic) bond motifs is 3. The van der Waals surface area contributed by atoms with Crippen molar-refractivity contribution in [2.45, 2.75) is 73.3 Å². The zero-order valence-electron chi connectivity index (χ0n) is 17.5. The topological polar surface area (TPSA) is 4.93 Å². The van der Waals surface area contributed by atoms with Crippen LogP contribution in [0.2, 0.25) is 0 Å². The molecule has 0 aliphatic rings. The first-order chi connectivity index (χ1) is 12.4. The Morgan fingerprint density at radius 2 is 1.19 bits per heavy atom. The van der Waals surface area contributed by atoms with Crippen molar-refractivity contribution in [2.24, 2.45) is 10.8 Å². The normalized spacial score (nSPS) is 14.2. The maximum absolute atomic E-state index is 2.66. The summed E-state index contributed by atoms with van der Waals surface area (Å²) in [4.78, 5) is 0. The fourth-order valence-electron chi connectivity index (χ4n) is 4.25. The highest BCUT2D eigenvalue weighted by molar-refractivity contribution is 6.08. The standard InChI is InChI=1S/C25H35N/c1-7-24(4,5)23(18-25(6,8-2)9-3)26-21-16-12-10-14-19(21)20-15-11-13-17-22(20)26/h10-17,23H,7-9,18H2,1-6H3. The van der Waals surface area contributed by atoms with E-state index in [-0.39, 0.29) is 5.41 Å². The van der Waals surface area contributed by atoms with Gasteiger partial charge in [-0.15, -0.1) is 0 Å². The molecule has 3 rings (SSSR count). The second-order valence-electron chi connectivity index (χ2n) is 8.98. The second kappa shape index (κ2) is 7.10. The van der Waals surface area contributed by atoms with Crippen LogP contribution in [0.3, 0.4) is 0 Å². The minimum absolute atomic E-state index is 0.246. The predicted octanol–water partition coefficient (Wildman–Crippen LogP) is 7.99. The van der Waals surface area contributed by atoms with Crippen molar-refractivity contribution in [2.75, 3.05) is 0 Å². The van der Waals surface area contributed by atoms with Crippen LogP contribution in [0.5, 0.6) is 0 Å². The Hall–Kier alpha value is -1.76. The molecule has 0 bridgehead atoms. The largest absolute Gasteiger partial charge is 0.337 e. The molecule has 0 amide bonds. The van der Waals surface area contributed by atoms with Gasteiger partial charge in [0, 0.05) is 27.8 Å². The van der Waals surface area contributed by atoms with Crippen LogP contribution >= 0.6 is 0 Å². The summed E-state index contributed by atoms with van der Waals surface area (Å²) in [5.74, 6) is 0. The number of aromatic nitrogens is 1. The van der Waals surface area contributed by atoms with Gasteiger partial charge in [0.15, 0.2) is 0 Å². The lowest BCUT2D eigenvalue weighted by molar-refractivity contribution is 0.129.